The Morgan fingerprint density at radius 2 is 1.85 bits per heavy atom. The predicted octanol–water partition coefficient (Wildman–Crippen LogP) is 4.96. The standard InChI is InChI=1S/C16H8Cl2F3N3O2/c17-10-5-4-8(6-11(10)18)12-2-1-3-13(23-12)24-14(16(19,20)21)9(7-22-24)15(25)26/h1-7H,(H,25,26). The molecule has 0 aliphatic rings. The van der Waals surface area contributed by atoms with Crippen molar-refractivity contribution in [1.29, 1.82) is 0 Å². The van der Waals surface area contributed by atoms with E-state index in [2.05, 4.69) is 10.1 Å². The molecule has 0 atom stereocenters. The third kappa shape index (κ3) is 3.38. The van der Waals surface area contributed by atoms with E-state index in [1.165, 1.54) is 24.3 Å². The zero-order valence-electron chi connectivity index (χ0n) is 12.6. The number of nitrogens with zero attached hydrogens (tertiary/aromatic N) is 3. The van der Waals surface area contributed by atoms with E-state index in [-0.39, 0.29) is 10.8 Å². The predicted molar refractivity (Wildman–Crippen MR) is 88.8 cm³/mol. The molecule has 134 valence electrons. The molecule has 2 aromatic heterocycles. The number of hydrogen-bond acceptors (Lipinski definition) is 3. The number of alkyl halides is 3. The number of rotatable bonds is 3. The average Bonchev–Trinajstić information content (AvgIpc) is 3.03. The van der Waals surface area contributed by atoms with Gasteiger partial charge in [-0.2, -0.15) is 18.3 Å². The highest BCUT2D eigenvalue weighted by Gasteiger charge is 2.41. The van der Waals surface area contributed by atoms with Crippen LogP contribution in [-0.4, -0.2) is 25.8 Å². The Morgan fingerprint density at radius 3 is 2.46 bits per heavy atom. The molecule has 0 fully saturated rings. The van der Waals surface area contributed by atoms with E-state index in [4.69, 9.17) is 28.3 Å². The zero-order valence-corrected chi connectivity index (χ0v) is 14.1. The molecule has 26 heavy (non-hydrogen) atoms. The van der Waals surface area contributed by atoms with E-state index in [0.29, 0.717) is 27.2 Å². The molecule has 1 aromatic carbocycles. The van der Waals surface area contributed by atoms with Crippen molar-refractivity contribution >= 4 is 29.2 Å². The van der Waals surface area contributed by atoms with Crippen LogP contribution < -0.4 is 0 Å². The molecule has 0 radical (unpaired) electrons. The van der Waals surface area contributed by atoms with E-state index in [9.17, 15) is 18.0 Å². The number of halogens is 5. The fourth-order valence-corrected chi connectivity index (χ4v) is 2.61. The van der Waals surface area contributed by atoms with Gasteiger partial charge in [0.15, 0.2) is 11.5 Å². The van der Waals surface area contributed by atoms with Gasteiger partial charge in [-0.05, 0) is 24.3 Å². The number of hydrogen-bond donors (Lipinski definition) is 1. The van der Waals surface area contributed by atoms with Crippen LogP contribution in [0.15, 0.2) is 42.6 Å². The van der Waals surface area contributed by atoms with Crippen molar-refractivity contribution in [2.24, 2.45) is 0 Å². The monoisotopic (exact) mass is 401 g/mol. The van der Waals surface area contributed by atoms with Crippen LogP contribution in [0.4, 0.5) is 13.2 Å². The van der Waals surface area contributed by atoms with Crippen molar-refractivity contribution < 1.29 is 23.1 Å². The summed E-state index contributed by atoms with van der Waals surface area (Å²) >= 11 is 11.8. The van der Waals surface area contributed by atoms with E-state index in [0.717, 1.165) is 0 Å². The largest absolute Gasteiger partial charge is 0.478 e. The van der Waals surface area contributed by atoms with E-state index in [1.54, 1.807) is 12.1 Å². The summed E-state index contributed by atoms with van der Waals surface area (Å²) < 4.78 is 40.4. The molecule has 3 rings (SSSR count). The summed E-state index contributed by atoms with van der Waals surface area (Å²) in [4.78, 5) is 15.2. The van der Waals surface area contributed by atoms with Crippen LogP contribution in [0.3, 0.4) is 0 Å². The normalized spacial score (nSPS) is 11.6. The summed E-state index contributed by atoms with van der Waals surface area (Å²) in [6.07, 6.45) is -4.29. The van der Waals surface area contributed by atoms with Crippen LogP contribution >= 0.6 is 23.2 Å². The number of pyridine rings is 1. The fraction of sp³-hybridized carbons (Fsp3) is 0.0625. The van der Waals surface area contributed by atoms with Gasteiger partial charge in [-0.1, -0.05) is 35.3 Å². The lowest BCUT2D eigenvalue weighted by molar-refractivity contribution is -0.143. The van der Waals surface area contributed by atoms with Gasteiger partial charge in [-0.15, -0.1) is 0 Å². The number of benzene rings is 1. The molecule has 5 nitrogen and oxygen atoms in total. The summed E-state index contributed by atoms with van der Waals surface area (Å²) in [7, 11) is 0. The van der Waals surface area contributed by atoms with E-state index >= 15 is 0 Å². The minimum atomic E-state index is -4.93. The summed E-state index contributed by atoms with van der Waals surface area (Å²) in [5.41, 5.74) is -1.52. The van der Waals surface area contributed by atoms with Crippen LogP contribution in [0.2, 0.25) is 10.0 Å². The van der Waals surface area contributed by atoms with E-state index < -0.39 is 23.4 Å². The number of carboxylic acid groups (broad SMARTS) is 1. The Kier molecular flexibility index (Phi) is 4.64. The summed E-state index contributed by atoms with van der Waals surface area (Å²) in [5.74, 6) is -1.92. The van der Waals surface area contributed by atoms with Gasteiger partial charge in [-0.25, -0.2) is 14.5 Å². The first-order chi connectivity index (χ1) is 12.2. The highest BCUT2D eigenvalue weighted by molar-refractivity contribution is 6.42. The summed E-state index contributed by atoms with van der Waals surface area (Å²) in [6, 6.07) is 8.99. The molecule has 10 heteroatoms. The van der Waals surface area contributed by atoms with E-state index in [1.807, 2.05) is 0 Å². The minimum absolute atomic E-state index is 0.187. The Labute approximate surface area is 154 Å². The van der Waals surface area contributed by atoms with Crippen molar-refractivity contribution in [3.63, 3.8) is 0 Å². The van der Waals surface area contributed by atoms with Gasteiger partial charge in [0.25, 0.3) is 0 Å². The van der Waals surface area contributed by atoms with Crippen LogP contribution in [-0.2, 0) is 6.18 Å². The Morgan fingerprint density at radius 1 is 1.12 bits per heavy atom. The molecule has 0 unspecified atom stereocenters. The molecule has 0 aliphatic heterocycles. The van der Waals surface area contributed by atoms with Gasteiger partial charge >= 0.3 is 12.1 Å². The molecule has 0 saturated heterocycles. The lowest BCUT2D eigenvalue weighted by Crippen LogP contribution is -2.18. The second-order valence-corrected chi connectivity index (χ2v) is 5.95. The highest BCUT2D eigenvalue weighted by Crippen LogP contribution is 2.34. The third-order valence-corrected chi connectivity index (χ3v) is 4.17. The number of carboxylic acids is 1. The van der Waals surface area contributed by atoms with Crippen molar-refractivity contribution in [3.8, 4) is 17.1 Å². The molecule has 0 aliphatic carbocycles. The second kappa shape index (κ2) is 6.62. The maximum atomic E-state index is 13.3. The topological polar surface area (TPSA) is 68.0 Å². The average molecular weight is 402 g/mol. The first-order valence-corrected chi connectivity index (χ1v) is 7.75. The Hall–Kier alpha value is -2.58. The van der Waals surface area contributed by atoms with Crippen LogP contribution in [0.5, 0.6) is 0 Å². The maximum absolute atomic E-state index is 13.3. The first-order valence-electron chi connectivity index (χ1n) is 7.00. The summed E-state index contributed by atoms with van der Waals surface area (Å²) in [6.45, 7) is 0. The summed E-state index contributed by atoms with van der Waals surface area (Å²) in [5, 5.41) is 13.1. The van der Waals surface area contributed by atoms with Gasteiger partial charge in [0.2, 0.25) is 0 Å². The lowest BCUT2D eigenvalue weighted by Gasteiger charge is -2.12. The van der Waals surface area contributed by atoms with Gasteiger partial charge in [0.05, 0.1) is 21.9 Å². The smallest absolute Gasteiger partial charge is 0.434 e. The first kappa shape index (κ1) is 18.2. The van der Waals surface area contributed by atoms with Gasteiger partial charge in [0, 0.05) is 5.56 Å². The Bertz CT molecular complexity index is 1000. The van der Waals surface area contributed by atoms with Crippen LogP contribution in [0, 0.1) is 0 Å². The quantitative estimate of drug-likeness (QED) is 0.673. The molecule has 0 spiro atoms. The van der Waals surface area contributed by atoms with Gasteiger partial charge in [0.1, 0.15) is 5.56 Å². The fourth-order valence-electron chi connectivity index (χ4n) is 2.31. The molecule has 2 heterocycles. The molecule has 3 aromatic rings. The molecule has 1 N–H and O–H groups in total. The number of aromatic nitrogens is 3. The SMILES string of the molecule is O=C(O)c1cnn(-c2cccc(-c3ccc(Cl)c(Cl)c3)n2)c1C(F)(F)F. The zero-order chi connectivity index (χ0) is 19.1. The van der Waals surface area contributed by atoms with Crippen LogP contribution in [0.25, 0.3) is 17.1 Å². The molecular formula is C16H8Cl2F3N3O2. The molecule has 0 saturated carbocycles. The van der Waals surface area contributed by atoms with Crippen molar-refractivity contribution in [2.75, 3.05) is 0 Å². The Balaban J connectivity index is 2.15. The van der Waals surface area contributed by atoms with Crippen molar-refractivity contribution in [1.82, 2.24) is 14.8 Å². The molecular weight excluding hydrogens is 394 g/mol. The third-order valence-electron chi connectivity index (χ3n) is 3.43. The minimum Gasteiger partial charge on any atom is -0.478 e. The van der Waals surface area contributed by atoms with Gasteiger partial charge in [-0.3, -0.25) is 0 Å². The second-order valence-electron chi connectivity index (χ2n) is 5.13. The maximum Gasteiger partial charge on any atom is 0.434 e. The molecule has 0 bridgehead atoms. The van der Waals surface area contributed by atoms with Crippen molar-refractivity contribution in [2.45, 2.75) is 6.18 Å². The van der Waals surface area contributed by atoms with Crippen molar-refractivity contribution in [3.05, 3.63) is 63.9 Å². The number of carbonyl (C=O) groups is 1. The highest BCUT2D eigenvalue weighted by atomic mass is 35.5. The van der Waals surface area contributed by atoms with Gasteiger partial charge < -0.3 is 5.11 Å². The lowest BCUT2D eigenvalue weighted by atomic mass is 10.1. The number of aromatic carboxylic acids is 1. The molecule has 0 amide bonds. The van der Waals surface area contributed by atoms with Crippen LogP contribution in [0.1, 0.15) is 16.1 Å².